The number of benzene rings is 2. The molecule has 0 aliphatic heterocycles. The highest BCUT2D eigenvalue weighted by Crippen LogP contribution is 2.38. The van der Waals surface area contributed by atoms with Gasteiger partial charge >= 0.3 is 0 Å². The van der Waals surface area contributed by atoms with Crippen molar-refractivity contribution in [1.29, 1.82) is 0 Å². The van der Waals surface area contributed by atoms with Gasteiger partial charge in [-0.3, -0.25) is 0 Å². The predicted octanol–water partition coefficient (Wildman–Crippen LogP) is 9.01. The molecule has 3 rings (SSSR count). The molecule has 0 nitrogen and oxygen atoms in total. The second-order valence-corrected chi connectivity index (χ2v) is 8.79. The number of hydrogen-bond donors (Lipinski definition) is 0. The minimum atomic E-state index is 0.689. The van der Waals surface area contributed by atoms with Crippen molar-refractivity contribution >= 4 is 0 Å². The average molecular weight is 393 g/mol. The maximum absolute atomic E-state index is 12.1. The van der Waals surface area contributed by atoms with Crippen LogP contribution in [-0.4, -0.2) is 0 Å². The Kier molecular flexibility index (Phi) is 8.99. The van der Waals surface area contributed by atoms with Crippen molar-refractivity contribution in [2.45, 2.75) is 83.5 Å². The first kappa shape index (κ1) is 21.8. The Morgan fingerprint density at radius 1 is 0.828 bits per heavy atom. The Balaban J connectivity index is 1.50. The van der Waals surface area contributed by atoms with Crippen molar-refractivity contribution in [2.75, 3.05) is 0 Å². The summed E-state index contributed by atoms with van der Waals surface area (Å²) in [4.78, 5) is 0. The van der Waals surface area contributed by atoms with Gasteiger partial charge in [0.1, 0.15) is 0 Å². The highest BCUT2D eigenvalue weighted by Gasteiger charge is 2.21. The fourth-order valence-corrected chi connectivity index (χ4v) is 4.75. The molecule has 1 fully saturated rings. The number of hydrogen-bond acceptors (Lipinski definition) is 0. The van der Waals surface area contributed by atoms with Gasteiger partial charge in [-0.2, -0.15) is 0 Å². The largest absolute Gasteiger partial charge is 0.216 e. The Hall–Kier alpha value is -1.89. The molecular formula is C28H37F. The number of aryl methyl sites for hydroxylation is 1. The van der Waals surface area contributed by atoms with Crippen molar-refractivity contribution < 1.29 is 4.39 Å². The van der Waals surface area contributed by atoms with E-state index in [-0.39, 0.29) is 0 Å². The highest BCUT2D eigenvalue weighted by molar-refractivity contribution is 5.64. The van der Waals surface area contributed by atoms with Crippen LogP contribution in [0.5, 0.6) is 0 Å². The highest BCUT2D eigenvalue weighted by atomic mass is 19.1. The van der Waals surface area contributed by atoms with Crippen LogP contribution in [0.1, 0.15) is 88.2 Å². The van der Waals surface area contributed by atoms with Gasteiger partial charge in [0.05, 0.1) is 6.33 Å². The molecule has 0 aromatic heterocycles. The molecule has 0 radical (unpaired) electrons. The van der Waals surface area contributed by atoms with Crippen molar-refractivity contribution in [3.63, 3.8) is 0 Å². The fourth-order valence-electron chi connectivity index (χ4n) is 4.75. The summed E-state index contributed by atoms with van der Waals surface area (Å²) in [5.74, 6) is 1.48. The molecule has 0 saturated heterocycles. The molecule has 2 aromatic rings. The van der Waals surface area contributed by atoms with Crippen LogP contribution < -0.4 is 0 Å². The summed E-state index contributed by atoms with van der Waals surface area (Å²) in [6.07, 6.45) is 16.0. The molecule has 0 spiro atoms. The van der Waals surface area contributed by atoms with E-state index in [1.54, 1.807) is 6.08 Å². The molecule has 0 unspecified atom stereocenters. The molecule has 0 amide bonds. The number of allylic oxidation sites excluding steroid dienone is 1. The zero-order valence-electron chi connectivity index (χ0n) is 18.1. The zero-order chi connectivity index (χ0) is 20.3. The SMILES string of the molecule is CCCCCCc1ccc(-c2ccc(C3CCC(CCC=CF)CC3)cc2)cc1. The Bertz CT molecular complexity index is 718. The van der Waals surface area contributed by atoms with E-state index in [4.69, 9.17) is 0 Å². The normalized spacial score (nSPS) is 19.7. The van der Waals surface area contributed by atoms with E-state index in [1.807, 2.05) is 0 Å². The first-order valence-electron chi connectivity index (χ1n) is 11.7. The van der Waals surface area contributed by atoms with Crippen molar-refractivity contribution in [3.8, 4) is 11.1 Å². The molecular weight excluding hydrogens is 355 g/mol. The van der Waals surface area contributed by atoms with Gasteiger partial charge in [-0.05, 0) is 85.5 Å². The molecule has 1 heteroatoms. The lowest BCUT2D eigenvalue weighted by Gasteiger charge is -2.28. The van der Waals surface area contributed by atoms with Gasteiger partial charge in [-0.15, -0.1) is 0 Å². The third-order valence-corrected chi connectivity index (χ3v) is 6.67. The van der Waals surface area contributed by atoms with E-state index >= 15 is 0 Å². The maximum atomic E-state index is 12.1. The quantitative estimate of drug-likeness (QED) is 0.354. The smallest absolute Gasteiger partial charge is 0.0827 e. The fraction of sp³-hybridized carbons (Fsp3) is 0.500. The summed E-state index contributed by atoms with van der Waals surface area (Å²) in [6.45, 7) is 2.26. The summed E-state index contributed by atoms with van der Waals surface area (Å²) < 4.78 is 12.1. The van der Waals surface area contributed by atoms with Gasteiger partial charge in [-0.1, -0.05) is 80.8 Å². The summed E-state index contributed by atoms with van der Waals surface area (Å²) >= 11 is 0. The summed E-state index contributed by atoms with van der Waals surface area (Å²) in [7, 11) is 0. The Labute approximate surface area is 177 Å². The number of rotatable bonds is 10. The van der Waals surface area contributed by atoms with Crippen molar-refractivity contribution in [2.24, 2.45) is 5.92 Å². The lowest BCUT2D eigenvalue weighted by Crippen LogP contribution is -2.13. The molecule has 1 aliphatic rings. The monoisotopic (exact) mass is 392 g/mol. The van der Waals surface area contributed by atoms with Gasteiger partial charge in [0.2, 0.25) is 0 Å². The van der Waals surface area contributed by atoms with E-state index in [9.17, 15) is 4.39 Å². The van der Waals surface area contributed by atoms with Crippen molar-refractivity contribution in [1.82, 2.24) is 0 Å². The second-order valence-electron chi connectivity index (χ2n) is 8.79. The van der Waals surface area contributed by atoms with Crippen LogP contribution in [0.2, 0.25) is 0 Å². The zero-order valence-corrected chi connectivity index (χ0v) is 18.1. The maximum Gasteiger partial charge on any atom is 0.0827 e. The third-order valence-electron chi connectivity index (χ3n) is 6.67. The van der Waals surface area contributed by atoms with E-state index < -0.39 is 0 Å². The summed E-state index contributed by atoms with van der Waals surface area (Å²) in [5.41, 5.74) is 5.58. The van der Waals surface area contributed by atoms with E-state index in [2.05, 4.69) is 55.5 Å². The number of unbranched alkanes of at least 4 members (excludes halogenated alkanes) is 3. The van der Waals surface area contributed by atoms with Crippen LogP contribution in [-0.2, 0) is 6.42 Å². The van der Waals surface area contributed by atoms with E-state index in [1.165, 1.54) is 80.0 Å². The Morgan fingerprint density at radius 2 is 1.48 bits per heavy atom. The molecule has 29 heavy (non-hydrogen) atoms. The minimum absolute atomic E-state index is 0.689. The molecule has 0 bridgehead atoms. The van der Waals surface area contributed by atoms with Gasteiger partial charge in [-0.25, -0.2) is 4.39 Å². The molecule has 1 aliphatic carbocycles. The van der Waals surface area contributed by atoms with Gasteiger partial charge in [0.25, 0.3) is 0 Å². The van der Waals surface area contributed by atoms with Crippen LogP contribution in [0.25, 0.3) is 11.1 Å². The van der Waals surface area contributed by atoms with Crippen LogP contribution in [0.4, 0.5) is 4.39 Å². The first-order valence-corrected chi connectivity index (χ1v) is 11.7. The van der Waals surface area contributed by atoms with Crippen LogP contribution >= 0.6 is 0 Å². The van der Waals surface area contributed by atoms with E-state index in [0.29, 0.717) is 12.2 Å². The van der Waals surface area contributed by atoms with Crippen LogP contribution in [0.15, 0.2) is 60.9 Å². The Morgan fingerprint density at radius 3 is 2.10 bits per heavy atom. The van der Waals surface area contributed by atoms with Crippen molar-refractivity contribution in [3.05, 3.63) is 72.1 Å². The lowest BCUT2D eigenvalue weighted by molar-refractivity contribution is 0.311. The molecule has 0 heterocycles. The topological polar surface area (TPSA) is 0 Å². The molecule has 0 N–H and O–H groups in total. The van der Waals surface area contributed by atoms with E-state index in [0.717, 1.165) is 18.8 Å². The molecule has 0 atom stereocenters. The molecule has 2 aromatic carbocycles. The standard InChI is InChI=1S/C28H37F/c1-2-3-4-5-8-23-10-14-25(15-11-23)27-18-20-28(21-19-27)26-16-12-24(13-17-26)9-6-7-22-29/h7,10-11,14-15,18-22,24,26H,2-6,8-9,12-13,16-17H2,1H3. The summed E-state index contributed by atoms with van der Waals surface area (Å²) in [6, 6.07) is 18.4. The first-order chi connectivity index (χ1) is 14.3. The van der Waals surface area contributed by atoms with Gasteiger partial charge in [0.15, 0.2) is 0 Å². The van der Waals surface area contributed by atoms with Gasteiger partial charge in [0, 0.05) is 0 Å². The van der Waals surface area contributed by atoms with Gasteiger partial charge < -0.3 is 0 Å². The number of halogens is 1. The molecule has 156 valence electrons. The lowest BCUT2D eigenvalue weighted by atomic mass is 9.77. The van der Waals surface area contributed by atoms with Crippen LogP contribution in [0, 0.1) is 5.92 Å². The molecule has 1 saturated carbocycles. The van der Waals surface area contributed by atoms with Crippen LogP contribution in [0.3, 0.4) is 0 Å². The minimum Gasteiger partial charge on any atom is -0.216 e. The predicted molar refractivity (Wildman–Crippen MR) is 124 cm³/mol. The second kappa shape index (κ2) is 12.0. The summed E-state index contributed by atoms with van der Waals surface area (Å²) in [5, 5.41) is 0. The third kappa shape index (κ3) is 6.84. The average Bonchev–Trinajstić information content (AvgIpc) is 2.78.